The second kappa shape index (κ2) is 7.52. The molecule has 4 rings (SSSR count). The highest BCUT2D eigenvalue weighted by Crippen LogP contribution is 2.32. The summed E-state index contributed by atoms with van der Waals surface area (Å²) in [6, 6.07) is 14.1. The number of hydrazone groups is 1. The smallest absolute Gasteiger partial charge is 0.241 e. The molecule has 0 aliphatic heterocycles. The Labute approximate surface area is 152 Å². The molecule has 1 aromatic carbocycles. The van der Waals surface area contributed by atoms with Gasteiger partial charge in [-0.2, -0.15) is 5.10 Å². The summed E-state index contributed by atoms with van der Waals surface area (Å²) in [5, 5.41) is 5.34. The van der Waals surface area contributed by atoms with Crippen LogP contribution in [-0.4, -0.2) is 21.7 Å². The molecule has 0 fully saturated rings. The molecule has 0 saturated heterocycles. The van der Waals surface area contributed by atoms with Gasteiger partial charge in [0.2, 0.25) is 5.91 Å². The number of para-hydroxylation sites is 1. The lowest BCUT2D eigenvalue weighted by molar-refractivity contribution is -0.121. The van der Waals surface area contributed by atoms with E-state index >= 15 is 0 Å². The van der Waals surface area contributed by atoms with Crippen LogP contribution >= 0.6 is 0 Å². The molecule has 2 aromatic heterocycles. The Morgan fingerprint density at radius 1 is 1.15 bits per heavy atom. The lowest BCUT2D eigenvalue weighted by Gasteiger charge is -2.15. The maximum absolute atomic E-state index is 12.2. The lowest BCUT2D eigenvalue weighted by Crippen LogP contribution is -2.20. The molecule has 0 bridgehead atoms. The first-order chi connectivity index (χ1) is 12.8. The predicted molar refractivity (Wildman–Crippen MR) is 103 cm³/mol. The van der Waals surface area contributed by atoms with E-state index < -0.39 is 0 Å². The fraction of sp³-hybridized carbons (Fsp3) is 0.286. The Morgan fingerprint density at radius 3 is 2.88 bits per heavy atom. The maximum Gasteiger partial charge on any atom is 0.241 e. The maximum atomic E-state index is 12.2. The third-order valence-electron chi connectivity index (χ3n) is 4.92. The molecule has 26 heavy (non-hydrogen) atoms. The van der Waals surface area contributed by atoms with Gasteiger partial charge < -0.3 is 4.57 Å². The van der Waals surface area contributed by atoms with Crippen LogP contribution in [0.25, 0.3) is 10.9 Å². The van der Waals surface area contributed by atoms with Crippen LogP contribution in [-0.2, 0) is 24.2 Å². The van der Waals surface area contributed by atoms with Gasteiger partial charge in [-0.05, 0) is 49.4 Å². The zero-order valence-electron chi connectivity index (χ0n) is 14.7. The Hall–Kier alpha value is -2.95. The van der Waals surface area contributed by atoms with Crippen LogP contribution in [0.4, 0.5) is 0 Å². The van der Waals surface area contributed by atoms with E-state index in [2.05, 4.69) is 44.3 Å². The summed E-state index contributed by atoms with van der Waals surface area (Å²) < 4.78 is 2.33. The number of hydrogen-bond donors (Lipinski definition) is 1. The third-order valence-corrected chi connectivity index (χ3v) is 4.92. The number of aromatic nitrogens is 2. The summed E-state index contributed by atoms with van der Waals surface area (Å²) in [4.78, 5) is 16.3. The fourth-order valence-corrected chi connectivity index (χ4v) is 3.73. The van der Waals surface area contributed by atoms with Gasteiger partial charge in [-0.25, -0.2) is 5.43 Å². The van der Waals surface area contributed by atoms with E-state index in [1.165, 1.54) is 35.0 Å². The molecule has 5 heteroatoms. The minimum Gasteiger partial charge on any atom is -0.344 e. The normalized spacial score (nSPS) is 13.8. The molecule has 0 spiro atoms. The molecule has 1 aliphatic rings. The summed E-state index contributed by atoms with van der Waals surface area (Å²) in [5.41, 5.74) is 7.44. The number of carbonyl (C=O) groups is 1. The summed E-state index contributed by atoms with van der Waals surface area (Å²) in [5.74, 6) is -0.0838. The van der Waals surface area contributed by atoms with E-state index in [0.29, 0.717) is 13.0 Å². The molecule has 2 heterocycles. The monoisotopic (exact) mass is 346 g/mol. The van der Waals surface area contributed by atoms with Crippen molar-refractivity contribution in [3.63, 3.8) is 0 Å². The Kier molecular flexibility index (Phi) is 4.78. The molecule has 0 atom stereocenters. The van der Waals surface area contributed by atoms with Gasteiger partial charge in [0.25, 0.3) is 0 Å². The van der Waals surface area contributed by atoms with Crippen molar-refractivity contribution in [1.29, 1.82) is 0 Å². The van der Waals surface area contributed by atoms with E-state index in [9.17, 15) is 4.79 Å². The van der Waals surface area contributed by atoms with Crippen molar-refractivity contribution in [3.8, 4) is 0 Å². The highest BCUT2D eigenvalue weighted by atomic mass is 16.2. The number of hydrogen-bond acceptors (Lipinski definition) is 3. The van der Waals surface area contributed by atoms with Crippen molar-refractivity contribution in [2.24, 2.45) is 5.10 Å². The number of nitrogens with zero attached hydrogens (tertiary/aromatic N) is 3. The number of benzene rings is 1. The van der Waals surface area contributed by atoms with Gasteiger partial charge in [-0.3, -0.25) is 9.78 Å². The number of carbonyl (C=O) groups excluding carboxylic acids is 1. The molecule has 1 amide bonds. The van der Waals surface area contributed by atoms with Crippen LogP contribution in [0.1, 0.15) is 36.2 Å². The predicted octanol–water partition coefficient (Wildman–Crippen LogP) is 3.46. The van der Waals surface area contributed by atoms with Crippen LogP contribution in [0, 0.1) is 0 Å². The molecule has 5 nitrogen and oxygen atoms in total. The largest absolute Gasteiger partial charge is 0.344 e. The van der Waals surface area contributed by atoms with Crippen molar-refractivity contribution in [1.82, 2.24) is 15.0 Å². The van der Waals surface area contributed by atoms with Gasteiger partial charge in [0, 0.05) is 35.8 Å². The van der Waals surface area contributed by atoms with Crippen LogP contribution < -0.4 is 5.43 Å². The van der Waals surface area contributed by atoms with Crippen molar-refractivity contribution in [2.75, 3.05) is 0 Å². The quantitative estimate of drug-likeness (QED) is 0.568. The molecule has 0 saturated carbocycles. The minimum atomic E-state index is -0.0838. The van der Waals surface area contributed by atoms with Crippen molar-refractivity contribution >= 4 is 23.0 Å². The molecular formula is C21H22N4O. The van der Waals surface area contributed by atoms with Gasteiger partial charge in [-0.1, -0.05) is 24.3 Å². The average Bonchev–Trinajstić information content (AvgIpc) is 3.01. The van der Waals surface area contributed by atoms with Gasteiger partial charge in [-0.15, -0.1) is 0 Å². The zero-order chi connectivity index (χ0) is 17.8. The molecular weight excluding hydrogens is 324 g/mol. The van der Waals surface area contributed by atoms with Crippen molar-refractivity contribution in [2.45, 2.75) is 38.6 Å². The van der Waals surface area contributed by atoms with E-state index in [0.717, 1.165) is 18.5 Å². The van der Waals surface area contributed by atoms with Gasteiger partial charge in [0.05, 0.1) is 11.9 Å². The highest BCUT2D eigenvalue weighted by molar-refractivity contribution is 5.86. The molecule has 0 radical (unpaired) electrons. The summed E-state index contributed by atoms with van der Waals surface area (Å²) in [7, 11) is 0. The SMILES string of the molecule is O=C(CCn1c2c(c3ccccc31)CCCC2)N/N=C\c1ccccn1. The average molecular weight is 346 g/mol. The number of aryl methyl sites for hydroxylation is 2. The van der Waals surface area contributed by atoms with Crippen molar-refractivity contribution in [3.05, 3.63) is 65.6 Å². The Balaban J connectivity index is 1.45. The van der Waals surface area contributed by atoms with Crippen LogP contribution in [0.2, 0.25) is 0 Å². The van der Waals surface area contributed by atoms with Crippen LogP contribution in [0.3, 0.4) is 0 Å². The third kappa shape index (κ3) is 3.38. The van der Waals surface area contributed by atoms with E-state index in [1.807, 2.05) is 18.2 Å². The van der Waals surface area contributed by atoms with Crippen LogP contribution in [0.5, 0.6) is 0 Å². The summed E-state index contributed by atoms with van der Waals surface area (Å²) in [6.07, 6.45) is 8.39. The Bertz CT molecular complexity index is 943. The number of rotatable bonds is 5. The first kappa shape index (κ1) is 16.5. The second-order valence-electron chi connectivity index (χ2n) is 6.60. The summed E-state index contributed by atoms with van der Waals surface area (Å²) >= 11 is 0. The zero-order valence-corrected chi connectivity index (χ0v) is 14.7. The first-order valence-electron chi connectivity index (χ1n) is 9.15. The molecule has 3 aromatic rings. The van der Waals surface area contributed by atoms with E-state index in [4.69, 9.17) is 0 Å². The van der Waals surface area contributed by atoms with Gasteiger partial charge >= 0.3 is 0 Å². The molecule has 132 valence electrons. The van der Waals surface area contributed by atoms with E-state index in [1.54, 1.807) is 12.4 Å². The Morgan fingerprint density at radius 2 is 2.00 bits per heavy atom. The standard InChI is InChI=1S/C21H22N4O/c26-21(24-23-15-16-7-5-6-13-22-16)12-14-25-19-10-3-1-8-17(19)18-9-2-4-11-20(18)25/h1,3,5-8,10,13,15H,2,4,9,11-12,14H2,(H,24,26)/b23-15-. The van der Waals surface area contributed by atoms with Crippen LogP contribution in [0.15, 0.2) is 53.8 Å². The molecule has 0 unspecified atom stereocenters. The second-order valence-corrected chi connectivity index (χ2v) is 6.60. The number of nitrogens with one attached hydrogen (secondary N) is 1. The number of amides is 1. The molecule has 1 aliphatic carbocycles. The highest BCUT2D eigenvalue weighted by Gasteiger charge is 2.19. The van der Waals surface area contributed by atoms with Gasteiger partial charge in [0.1, 0.15) is 0 Å². The molecule has 1 N–H and O–H groups in total. The minimum absolute atomic E-state index is 0.0838. The number of fused-ring (bicyclic) bond motifs is 3. The fourth-order valence-electron chi connectivity index (χ4n) is 3.73. The van der Waals surface area contributed by atoms with Gasteiger partial charge in [0.15, 0.2) is 0 Å². The topological polar surface area (TPSA) is 59.3 Å². The first-order valence-corrected chi connectivity index (χ1v) is 9.15. The lowest BCUT2D eigenvalue weighted by atomic mass is 9.95. The van der Waals surface area contributed by atoms with Crippen molar-refractivity contribution < 1.29 is 4.79 Å². The number of pyridine rings is 1. The van der Waals surface area contributed by atoms with E-state index in [-0.39, 0.29) is 5.91 Å². The summed E-state index contributed by atoms with van der Waals surface area (Å²) in [6.45, 7) is 0.681.